The Balaban J connectivity index is 2.63. The number of carboxylic acids is 1. The Morgan fingerprint density at radius 3 is 2.45 bits per heavy atom. The lowest BCUT2D eigenvalue weighted by atomic mass is 9.82. The molecule has 1 unspecified atom stereocenters. The highest BCUT2D eigenvalue weighted by Crippen LogP contribution is 2.26. The van der Waals surface area contributed by atoms with Crippen LogP contribution in [0.25, 0.3) is 0 Å². The van der Waals surface area contributed by atoms with Gasteiger partial charge in [-0.2, -0.15) is 0 Å². The molecule has 3 N–H and O–H groups in total. The molecule has 1 aliphatic heterocycles. The molecule has 1 rings (SSSR count). The van der Waals surface area contributed by atoms with Crippen LogP contribution in [0, 0.1) is 5.41 Å². The number of rotatable bonds is 6. The largest absolute Gasteiger partial charge is 0.481 e. The van der Waals surface area contributed by atoms with Crippen LogP contribution in [0.2, 0.25) is 0 Å². The smallest absolute Gasteiger partial charge is 0.317 e. The fraction of sp³-hybridized carbons (Fsp3) is 0.857. The number of nitrogens with one attached hydrogen (secondary N) is 1. The molecular weight excluding hydrogens is 260 g/mol. The van der Waals surface area contributed by atoms with Crippen LogP contribution in [-0.4, -0.2) is 52.9 Å². The van der Waals surface area contributed by atoms with Crippen LogP contribution in [0.4, 0.5) is 4.79 Å². The number of carbonyl (C=O) groups is 2. The van der Waals surface area contributed by atoms with Gasteiger partial charge in [0.1, 0.15) is 0 Å². The lowest BCUT2D eigenvalue weighted by Gasteiger charge is -2.36. The van der Waals surface area contributed by atoms with Gasteiger partial charge >= 0.3 is 12.0 Å². The van der Waals surface area contributed by atoms with Crippen molar-refractivity contribution in [2.24, 2.45) is 5.41 Å². The van der Waals surface area contributed by atoms with Crippen LogP contribution in [0.1, 0.15) is 46.0 Å². The second-order valence-electron chi connectivity index (χ2n) is 5.48. The van der Waals surface area contributed by atoms with Gasteiger partial charge in [-0.1, -0.05) is 13.8 Å². The maximum absolute atomic E-state index is 12.2. The van der Waals surface area contributed by atoms with Crippen molar-refractivity contribution < 1.29 is 19.8 Å². The maximum Gasteiger partial charge on any atom is 0.317 e. The standard InChI is InChI=1S/C14H26N2O4/c1-3-14(4-2,12(18)19)10-15-13(20)16-8-6-5-7-11(16)9-17/h11,17H,3-10H2,1-2H3,(H,15,20)(H,18,19). The van der Waals surface area contributed by atoms with Gasteiger partial charge in [-0.25, -0.2) is 4.79 Å². The lowest BCUT2D eigenvalue weighted by molar-refractivity contribution is -0.149. The molecular formula is C14H26N2O4. The van der Waals surface area contributed by atoms with E-state index >= 15 is 0 Å². The van der Waals surface area contributed by atoms with Crippen molar-refractivity contribution in [3.63, 3.8) is 0 Å². The minimum absolute atomic E-state index is 0.0426. The number of likely N-dealkylation sites (tertiary alicyclic amines) is 1. The Labute approximate surface area is 120 Å². The number of piperidine rings is 1. The maximum atomic E-state index is 12.2. The van der Waals surface area contributed by atoms with E-state index in [-0.39, 0.29) is 25.2 Å². The summed E-state index contributed by atoms with van der Waals surface area (Å²) in [6, 6.07) is -0.414. The molecule has 20 heavy (non-hydrogen) atoms. The summed E-state index contributed by atoms with van der Waals surface area (Å²) in [5.74, 6) is -0.875. The number of aliphatic hydroxyl groups is 1. The minimum atomic E-state index is -0.903. The minimum Gasteiger partial charge on any atom is -0.481 e. The number of nitrogens with zero attached hydrogens (tertiary/aromatic N) is 1. The first-order chi connectivity index (χ1) is 9.50. The molecule has 116 valence electrons. The van der Waals surface area contributed by atoms with E-state index in [4.69, 9.17) is 0 Å². The number of aliphatic carboxylic acids is 1. The predicted molar refractivity (Wildman–Crippen MR) is 75.5 cm³/mol. The van der Waals surface area contributed by atoms with Crippen LogP contribution >= 0.6 is 0 Å². The van der Waals surface area contributed by atoms with Crippen LogP contribution < -0.4 is 5.32 Å². The average molecular weight is 286 g/mol. The van der Waals surface area contributed by atoms with E-state index in [1.807, 2.05) is 13.8 Å². The van der Waals surface area contributed by atoms with Gasteiger partial charge < -0.3 is 20.4 Å². The summed E-state index contributed by atoms with van der Waals surface area (Å²) in [5, 5.41) is 21.4. The quantitative estimate of drug-likeness (QED) is 0.689. The zero-order valence-electron chi connectivity index (χ0n) is 12.4. The van der Waals surface area contributed by atoms with Crippen molar-refractivity contribution in [1.29, 1.82) is 0 Å². The Morgan fingerprint density at radius 2 is 1.95 bits per heavy atom. The molecule has 0 aromatic carbocycles. The third kappa shape index (κ3) is 3.62. The molecule has 0 bridgehead atoms. The number of carbonyl (C=O) groups excluding carboxylic acids is 1. The van der Waals surface area contributed by atoms with Crippen molar-refractivity contribution in [1.82, 2.24) is 10.2 Å². The Kier molecular flexibility index (Phi) is 6.26. The van der Waals surface area contributed by atoms with Crippen molar-refractivity contribution in [2.45, 2.75) is 52.0 Å². The van der Waals surface area contributed by atoms with Crippen molar-refractivity contribution in [3.8, 4) is 0 Å². The molecule has 6 nitrogen and oxygen atoms in total. The third-order valence-electron chi connectivity index (χ3n) is 4.48. The van der Waals surface area contributed by atoms with Crippen molar-refractivity contribution >= 4 is 12.0 Å². The SMILES string of the molecule is CCC(CC)(CNC(=O)N1CCCCC1CO)C(=O)O. The molecule has 0 aromatic heterocycles. The summed E-state index contributed by atoms with van der Waals surface area (Å²) < 4.78 is 0. The summed E-state index contributed by atoms with van der Waals surface area (Å²) in [4.78, 5) is 25.2. The number of carboxylic acid groups (broad SMARTS) is 1. The number of hydrogen-bond donors (Lipinski definition) is 3. The lowest BCUT2D eigenvalue weighted by Crippen LogP contribution is -2.53. The van der Waals surface area contributed by atoms with Crippen LogP contribution in [0.15, 0.2) is 0 Å². The fourth-order valence-electron chi connectivity index (χ4n) is 2.68. The molecule has 1 atom stereocenters. The highest BCUT2D eigenvalue weighted by Gasteiger charge is 2.36. The first-order valence-electron chi connectivity index (χ1n) is 7.39. The van der Waals surface area contributed by atoms with Gasteiger partial charge in [-0.3, -0.25) is 4.79 Å². The Hall–Kier alpha value is -1.30. The molecule has 0 spiro atoms. The van der Waals surface area contributed by atoms with Crippen molar-refractivity contribution in [2.75, 3.05) is 19.7 Å². The number of aliphatic hydroxyl groups excluding tert-OH is 1. The molecule has 0 aliphatic carbocycles. The number of amides is 2. The Morgan fingerprint density at radius 1 is 1.30 bits per heavy atom. The van der Waals surface area contributed by atoms with Gasteiger partial charge in [-0.05, 0) is 32.1 Å². The first-order valence-corrected chi connectivity index (χ1v) is 7.39. The molecule has 2 amide bonds. The summed E-state index contributed by atoms with van der Waals surface area (Å²) in [5.41, 5.74) is -0.903. The average Bonchev–Trinajstić information content (AvgIpc) is 2.48. The van der Waals surface area contributed by atoms with Gasteiger partial charge in [0.05, 0.1) is 18.1 Å². The van der Waals surface area contributed by atoms with Gasteiger partial charge in [0.2, 0.25) is 0 Å². The van der Waals surface area contributed by atoms with E-state index < -0.39 is 11.4 Å². The fourth-order valence-corrected chi connectivity index (χ4v) is 2.68. The van der Waals surface area contributed by atoms with Crippen LogP contribution in [-0.2, 0) is 4.79 Å². The predicted octanol–water partition coefficient (Wildman–Crippen LogP) is 1.43. The summed E-state index contributed by atoms with van der Waals surface area (Å²) in [6.07, 6.45) is 3.69. The molecule has 0 saturated carbocycles. The van der Waals surface area contributed by atoms with Gasteiger partial charge in [0.15, 0.2) is 0 Å². The number of hydrogen-bond acceptors (Lipinski definition) is 3. The normalized spacial score (nSPS) is 19.8. The third-order valence-corrected chi connectivity index (χ3v) is 4.48. The molecule has 1 saturated heterocycles. The second-order valence-corrected chi connectivity index (χ2v) is 5.48. The van der Waals surface area contributed by atoms with E-state index in [0.29, 0.717) is 19.4 Å². The molecule has 1 aliphatic rings. The zero-order chi connectivity index (χ0) is 15.2. The van der Waals surface area contributed by atoms with E-state index in [9.17, 15) is 19.8 Å². The van der Waals surface area contributed by atoms with Crippen molar-refractivity contribution in [3.05, 3.63) is 0 Å². The van der Waals surface area contributed by atoms with Gasteiger partial charge in [-0.15, -0.1) is 0 Å². The highest BCUT2D eigenvalue weighted by molar-refractivity contribution is 5.78. The Bertz CT molecular complexity index is 342. The molecule has 1 fully saturated rings. The summed E-state index contributed by atoms with van der Waals surface area (Å²) >= 11 is 0. The van der Waals surface area contributed by atoms with Gasteiger partial charge in [0, 0.05) is 13.1 Å². The molecule has 6 heteroatoms. The molecule has 1 heterocycles. The van der Waals surface area contributed by atoms with Crippen LogP contribution in [0.3, 0.4) is 0 Å². The van der Waals surface area contributed by atoms with E-state index in [0.717, 1.165) is 19.3 Å². The second kappa shape index (κ2) is 7.47. The highest BCUT2D eigenvalue weighted by atomic mass is 16.4. The summed E-state index contributed by atoms with van der Waals surface area (Å²) in [6.45, 7) is 4.35. The van der Waals surface area contributed by atoms with E-state index in [2.05, 4.69) is 5.32 Å². The summed E-state index contributed by atoms with van der Waals surface area (Å²) in [7, 11) is 0. The molecule has 0 radical (unpaired) electrons. The first kappa shape index (κ1) is 16.8. The number of urea groups is 1. The molecule has 0 aromatic rings. The van der Waals surface area contributed by atoms with Gasteiger partial charge in [0.25, 0.3) is 0 Å². The topological polar surface area (TPSA) is 89.9 Å². The zero-order valence-corrected chi connectivity index (χ0v) is 12.4. The van der Waals surface area contributed by atoms with Crippen LogP contribution in [0.5, 0.6) is 0 Å². The monoisotopic (exact) mass is 286 g/mol. The van der Waals surface area contributed by atoms with E-state index in [1.165, 1.54) is 0 Å². The van der Waals surface area contributed by atoms with E-state index in [1.54, 1.807) is 4.90 Å².